The van der Waals surface area contributed by atoms with Gasteiger partial charge in [0.1, 0.15) is 0 Å². The number of carboxylic acids is 1. The van der Waals surface area contributed by atoms with Crippen molar-refractivity contribution in [2.75, 3.05) is 5.32 Å². The minimum atomic E-state index is -1.08. The standard InChI is InChI=1S/C18H15N3O2/c22-18(23)16-15(19-11-13-7-3-1-4-8-13)12-20-17(21-16)14-9-5-2-6-10-14/h1-10,12,19H,11H2,(H,22,23). The van der Waals surface area contributed by atoms with Crippen LogP contribution in [0.4, 0.5) is 5.69 Å². The highest BCUT2D eigenvalue weighted by atomic mass is 16.4. The van der Waals surface area contributed by atoms with E-state index in [-0.39, 0.29) is 5.69 Å². The molecule has 1 heterocycles. The Hall–Kier alpha value is -3.21. The Balaban J connectivity index is 1.87. The maximum atomic E-state index is 11.5. The van der Waals surface area contributed by atoms with Gasteiger partial charge in [-0.3, -0.25) is 0 Å². The molecule has 0 aliphatic rings. The fourth-order valence-corrected chi connectivity index (χ4v) is 2.19. The normalized spacial score (nSPS) is 10.3. The second-order valence-electron chi connectivity index (χ2n) is 4.97. The molecule has 3 aromatic rings. The third-order valence-corrected chi connectivity index (χ3v) is 3.35. The summed E-state index contributed by atoms with van der Waals surface area (Å²) >= 11 is 0. The fourth-order valence-electron chi connectivity index (χ4n) is 2.19. The highest BCUT2D eigenvalue weighted by molar-refractivity contribution is 5.92. The number of benzene rings is 2. The van der Waals surface area contributed by atoms with Crippen molar-refractivity contribution < 1.29 is 9.90 Å². The summed E-state index contributed by atoms with van der Waals surface area (Å²) in [6.45, 7) is 0.509. The number of hydrogen-bond acceptors (Lipinski definition) is 4. The van der Waals surface area contributed by atoms with E-state index in [1.165, 1.54) is 6.20 Å². The summed E-state index contributed by atoms with van der Waals surface area (Å²) < 4.78 is 0. The summed E-state index contributed by atoms with van der Waals surface area (Å²) in [4.78, 5) is 19.9. The second-order valence-corrected chi connectivity index (χ2v) is 4.97. The molecule has 0 unspecified atom stereocenters. The number of aromatic carboxylic acids is 1. The lowest BCUT2D eigenvalue weighted by Gasteiger charge is -2.10. The molecule has 114 valence electrons. The maximum Gasteiger partial charge on any atom is 0.356 e. The molecule has 0 atom stereocenters. The van der Waals surface area contributed by atoms with E-state index in [2.05, 4.69) is 15.3 Å². The number of hydrogen-bond donors (Lipinski definition) is 2. The van der Waals surface area contributed by atoms with Crippen molar-refractivity contribution in [1.82, 2.24) is 9.97 Å². The zero-order valence-corrected chi connectivity index (χ0v) is 12.3. The van der Waals surface area contributed by atoms with Crippen LogP contribution in [0.1, 0.15) is 16.1 Å². The summed E-state index contributed by atoms with van der Waals surface area (Å²) in [5.74, 6) is -0.687. The molecule has 23 heavy (non-hydrogen) atoms. The molecule has 5 heteroatoms. The molecule has 5 nitrogen and oxygen atoms in total. The number of nitrogens with one attached hydrogen (secondary N) is 1. The van der Waals surface area contributed by atoms with E-state index in [1.807, 2.05) is 60.7 Å². The van der Waals surface area contributed by atoms with Crippen LogP contribution in [0.25, 0.3) is 11.4 Å². The molecule has 0 fully saturated rings. The molecule has 3 rings (SSSR count). The molecule has 0 aliphatic heterocycles. The summed E-state index contributed by atoms with van der Waals surface area (Å²) in [6, 6.07) is 19.0. The van der Waals surface area contributed by atoms with Gasteiger partial charge in [0.15, 0.2) is 11.5 Å². The van der Waals surface area contributed by atoms with E-state index in [0.29, 0.717) is 18.1 Å². The lowest BCUT2D eigenvalue weighted by molar-refractivity contribution is 0.0691. The van der Waals surface area contributed by atoms with Gasteiger partial charge in [0.2, 0.25) is 0 Å². The van der Waals surface area contributed by atoms with E-state index in [4.69, 9.17) is 0 Å². The van der Waals surface area contributed by atoms with Crippen molar-refractivity contribution in [2.24, 2.45) is 0 Å². The molecule has 0 radical (unpaired) electrons. The van der Waals surface area contributed by atoms with Crippen LogP contribution in [0, 0.1) is 0 Å². The number of carboxylic acid groups (broad SMARTS) is 1. The average molecular weight is 305 g/mol. The van der Waals surface area contributed by atoms with Crippen LogP contribution in [0.3, 0.4) is 0 Å². The summed E-state index contributed by atoms with van der Waals surface area (Å²) in [5, 5.41) is 12.5. The maximum absolute atomic E-state index is 11.5. The average Bonchev–Trinajstić information content (AvgIpc) is 2.61. The van der Waals surface area contributed by atoms with Crippen molar-refractivity contribution in [3.8, 4) is 11.4 Å². The molecule has 0 saturated carbocycles. The number of carbonyl (C=O) groups is 1. The Morgan fingerprint density at radius 3 is 2.30 bits per heavy atom. The highest BCUT2D eigenvalue weighted by Crippen LogP contribution is 2.19. The van der Waals surface area contributed by atoms with Crippen LogP contribution in [-0.4, -0.2) is 21.0 Å². The first kappa shape index (κ1) is 14.7. The summed E-state index contributed by atoms with van der Waals surface area (Å²) in [6.07, 6.45) is 1.52. The quantitative estimate of drug-likeness (QED) is 0.755. The second kappa shape index (κ2) is 6.70. The summed E-state index contributed by atoms with van der Waals surface area (Å²) in [7, 11) is 0. The van der Waals surface area contributed by atoms with Crippen molar-refractivity contribution in [3.63, 3.8) is 0 Å². The van der Waals surface area contributed by atoms with E-state index in [1.54, 1.807) is 0 Å². The summed E-state index contributed by atoms with van der Waals surface area (Å²) in [5.41, 5.74) is 2.21. The first-order valence-corrected chi connectivity index (χ1v) is 7.17. The largest absolute Gasteiger partial charge is 0.476 e. The molecule has 0 spiro atoms. The Labute approximate surface area is 133 Å². The Morgan fingerprint density at radius 2 is 1.65 bits per heavy atom. The van der Waals surface area contributed by atoms with Crippen LogP contribution >= 0.6 is 0 Å². The van der Waals surface area contributed by atoms with Crippen LogP contribution in [-0.2, 0) is 6.54 Å². The Morgan fingerprint density at radius 1 is 1.00 bits per heavy atom. The van der Waals surface area contributed by atoms with E-state index >= 15 is 0 Å². The number of rotatable bonds is 5. The van der Waals surface area contributed by atoms with Crippen LogP contribution in [0.2, 0.25) is 0 Å². The zero-order valence-electron chi connectivity index (χ0n) is 12.3. The molecule has 0 aliphatic carbocycles. The zero-order chi connectivity index (χ0) is 16.1. The van der Waals surface area contributed by atoms with Gasteiger partial charge in [0.05, 0.1) is 11.9 Å². The lowest BCUT2D eigenvalue weighted by Crippen LogP contribution is -2.10. The highest BCUT2D eigenvalue weighted by Gasteiger charge is 2.14. The van der Waals surface area contributed by atoms with Crippen LogP contribution in [0.15, 0.2) is 66.9 Å². The smallest absolute Gasteiger partial charge is 0.356 e. The molecule has 1 aromatic heterocycles. The molecule has 0 bridgehead atoms. The third kappa shape index (κ3) is 3.52. The number of nitrogens with zero attached hydrogens (tertiary/aromatic N) is 2. The van der Waals surface area contributed by atoms with Gasteiger partial charge in [0.25, 0.3) is 0 Å². The molecular formula is C18H15N3O2. The van der Waals surface area contributed by atoms with E-state index < -0.39 is 5.97 Å². The Kier molecular flexibility index (Phi) is 4.29. The van der Waals surface area contributed by atoms with Crippen LogP contribution in [0.5, 0.6) is 0 Å². The van der Waals surface area contributed by atoms with Crippen molar-refractivity contribution in [1.29, 1.82) is 0 Å². The van der Waals surface area contributed by atoms with Crippen LogP contribution < -0.4 is 5.32 Å². The van der Waals surface area contributed by atoms with E-state index in [9.17, 15) is 9.90 Å². The minimum absolute atomic E-state index is 0.0326. The van der Waals surface area contributed by atoms with Crippen molar-refractivity contribution in [2.45, 2.75) is 6.54 Å². The fraction of sp³-hybridized carbons (Fsp3) is 0.0556. The first-order valence-electron chi connectivity index (χ1n) is 7.17. The van der Waals surface area contributed by atoms with Gasteiger partial charge in [-0.05, 0) is 5.56 Å². The molecule has 2 aromatic carbocycles. The van der Waals surface area contributed by atoms with Gasteiger partial charge in [0, 0.05) is 12.1 Å². The molecule has 0 saturated heterocycles. The Bertz CT molecular complexity index is 805. The monoisotopic (exact) mass is 305 g/mol. The van der Waals surface area contributed by atoms with E-state index in [0.717, 1.165) is 11.1 Å². The van der Waals surface area contributed by atoms with Crippen molar-refractivity contribution >= 4 is 11.7 Å². The third-order valence-electron chi connectivity index (χ3n) is 3.35. The molecular weight excluding hydrogens is 290 g/mol. The van der Waals surface area contributed by atoms with Gasteiger partial charge in [-0.15, -0.1) is 0 Å². The molecule has 2 N–H and O–H groups in total. The minimum Gasteiger partial charge on any atom is -0.476 e. The van der Waals surface area contributed by atoms with Gasteiger partial charge in [-0.2, -0.15) is 0 Å². The van der Waals surface area contributed by atoms with Crippen molar-refractivity contribution in [3.05, 3.63) is 78.1 Å². The number of anilines is 1. The van der Waals surface area contributed by atoms with Gasteiger partial charge in [-0.25, -0.2) is 14.8 Å². The lowest BCUT2D eigenvalue weighted by atomic mass is 10.2. The predicted molar refractivity (Wildman–Crippen MR) is 88.2 cm³/mol. The van der Waals surface area contributed by atoms with Gasteiger partial charge < -0.3 is 10.4 Å². The number of aromatic nitrogens is 2. The first-order chi connectivity index (χ1) is 11.2. The topological polar surface area (TPSA) is 75.1 Å². The van der Waals surface area contributed by atoms with Gasteiger partial charge >= 0.3 is 5.97 Å². The van der Waals surface area contributed by atoms with Gasteiger partial charge in [-0.1, -0.05) is 60.7 Å². The molecule has 0 amide bonds. The SMILES string of the molecule is O=C(O)c1nc(-c2ccccc2)ncc1NCc1ccccc1. The predicted octanol–water partition coefficient (Wildman–Crippen LogP) is 3.45.